The van der Waals surface area contributed by atoms with Gasteiger partial charge in [-0.3, -0.25) is 24.4 Å². The number of amides is 3. The minimum absolute atomic E-state index is 0.0389. The van der Waals surface area contributed by atoms with E-state index in [1.165, 1.54) is 6.20 Å². The van der Waals surface area contributed by atoms with Crippen LogP contribution in [0.15, 0.2) is 67.3 Å². The van der Waals surface area contributed by atoms with E-state index in [2.05, 4.69) is 25.5 Å². The maximum Gasteiger partial charge on any atom is 0.257 e. The molecule has 3 aromatic rings. The summed E-state index contributed by atoms with van der Waals surface area (Å²) in [7, 11) is 0. The highest BCUT2D eigenvalue weighted by Crippen LogP contribution is 2.30. The average molecular weight is 528 g/mol. The van der Waals surface area contributed by atoms with Crippen molar-refractivity contribution in [3.63, 3.8) is 0 Å². The number of aromatic nitrogens is 2. The van der Waals surface area contributed by atoms with Crippen molar-refractivity contribution in [3.05, 3.63) is 83.9 Å². The predicted octanol–water partition coefficient (Wildman–Crippen LogP) is 2.52. The van der Waals surface area contributed by atoms with Crippen molar-refractivity contribution in [2.45, 2.75) is 12.8 Å². The summed E-state index contributed by atoms with van der Waals surface area (Å²) in [6.07, 6.45) is 8.04. The molecule has 3 amide bonds. The average Bonchev–Trinajstić information content (AvgIpc) is 3.41. The van der Waals surface area contributed by atoms with E-state index in [0.29, 0.717) is 61.6 Å². The Hall–Kier alpha value is -4.31. The quantitative estimate of drug-likeness (QED) is 0.525. The number of nitrogens with zero attached hydrogens (tertiary/aromatic N) is 5. The van der Waals surface area contributed by atoms with Gasteiger partial charge in [-0.2, -0.15) is 0 Å². The van der Waals surface area contributed by atoms with Crippen molar-refractivity contribution in [1.29, 1.82) is 0 Å². The molecule has 0 radical (unpaired) electrons. The van der Waals surface area contributed by atoms with Gasteiger partial charge in [0.15, 0.2) is 0 Å². The fraction of sp³-hybridized carbons (Fsp3) is 0.345. The third-order valence-electron chi connectivity index (χ3n) is 7.08. The van der Waals surface area contributed by atoms with Crippen LogP contribution < -0.4 is 15.5 Å². The normalized spacial score (nSPS) is 16.3. The lowest BCUT2D eigenvalue weighted by Gasteiger charge is -2.27. The van der Waals surface area contributed by atoms with E-state index in [0.717, 1.165) is 31.6 Å². The molecule has 0 bridgehead atoms. The maximum atomic E-state index is 13.4. The van der Waals surface area contributed by atoms with E-state index in [4.69, 9.17) is 0 Å². The summed E-state index contributed by atoms with van der Waals surface area (Å²) >= 11 is 0. The Balaban J connectivity index is 1.39. The molecule has 2 aromatic heterocycles. The van der Waals surface area contributed by atoms with Gasteiger partial charge in [0.1, 0.15) is 0 Å². The number of hydrogen-bond acceptors (Lipinski definition) is 7. The van der Waals surface area contributed by atoms with Gasteiger partial charge in [-0.1, -0.05) is 0 Å². The predicted molar refractivity (Wildman–Crippen MR) is 149 cm³/mol. The molecular weight excluding hydrogens is 494 g/mol. The van der Waals surface area contributed by atoms with Crippen LogP contribution in [-0.2, 0) is 0 Å². The summed E-state index contributed by atoms with van der Waals surface area (Å²) in [4.78, 5) is 53.5. The summed E-state index contributed by atoms with van der Waals surface area (Å²) in [6.45, 7) is 5.44. The topological polar surface area (TPSA) is 111 Å². The second kappa shape index (κ2) is 12.5. The van der Waals surface area contributed by atoms with Crippen molar-refractivity contribution in [2.24, 2.45) is 0 Å². The van der Waals surface area contributed by atoms with E-state index in [9.17, 15) is 14.4 Å². The first-order chi connectivity index (χ1) is 19.1. The molecule has 2 aliphatic heterocycles. The third-order valence-corrected chi connectivity index (χ3v) is 7.08. The zero-order chi connectivity index (χ0) is 27.0. The summed E-state index contributed by atoms with van der Waals surface area (Å²) in [6, 6.07) is 12.5. The fourth-order valence-electron chi connectivity index (χ4n) is 5.00. The zero-order valence-electron chi connectivity index (χ0n) is 21.9. The van der Waals surface area contributed by atoms with Crippen LogP contribution in [-0.4, -0.2) is 89.8 Å². The second-order valence-electron chi connectivity index (χ2n) is 9.70. The number of benzene rings is 1. The van der Waals surface area contributed by atoms with E-state index >= 15 is 0 Å². The number of nitrogens with one attached hydrogen (secondary N) is 2. The van der Waals surface area contributed by atoms with E-state index in [1.807, 2.05) is 21.9 Å². The van der Waals surface area contributed by atoms with Crippen LogP contribution >= 0.6 is 0 Å². The van der Waals surface area contributed by atoms with Gasteiger partial charge in [-0.15, -0.1) is 0 Å². The van der Waals surface area contributed by atoms with Gasteiger partial charge >= 0.3 is 0 Å². The summed E-state index contributed by atoms with van der Waals surface area (Å²) in [5.41, 5.74) is 2.92. The largest absolute Gasteiger partial charge is 0.368 e. The molecule has 39 heavy (non-hydrogen) atoms. The lowest BCUT2D eigenvalue weighted by molar-refractivity contribution is 0.0758. The van der Waals surface area contributed by atoms with Crippen LogP contribution in [0.25, 0.3) is 0 Å². The molecule has 10 nitrogen and oxygen atoms in total. The molecule has 1 aromatic carbocycles. The highest BCUT2D eigenvalue weighted by atomic mass is 16.2. The highest BCUT2D eigenvalue weighted by Gasteiger charge is 2.24. The molecular formula is C29H33N7O3. The van der Waals surface area contributed by atoms with Crippen LogP contribution in [0.2, 0.25) is 0 Å². The molecule has 5 rings (SSSR count). The monoisotopic (exact) mass is 527 g/mol. The molecule has 2 saturated heterocycles. The van der Waals surface area contributed by atoms with Gasteiger partial charge in [-0.05, 0) is 61.9 Å². The van der Waals surface area contributed by atoms with Crippen molar-refractivity contribution in [3.8, 4) is 0 Å². The van der Waals surface area contributed by atoms with E-state index in [1.54, 1.807) is 48.9 Å². The van der Waals surface area contributed by atoms with Crippen LogP contribution in [0.1, 0.15) is 43.9 Å². The van der Waals surface area contributed by atoms with Gasteiger partial charge < -0.3 is 25.3 Å². The molecule has 0 saturated carbocycles. The van der Waals surface area contributed by atoms with Crippen molar-refractivity contribution < 1.29 is 14.4 Å². The van der Waals surface area contributed by atoms with E-state index in [-0.39, 0.29) is 17.7 Å². The molecule has 202 valence electrons. The van der Waals surface area contributed by atoms with Gasteiger partial charge in [0.25, 0.3) is 17.7 Å². The molecule has 0 unspecified atom stereocenters. The van der Waals surface area contributed by atoms with Crippen LogP contribution in [0, 0.1) is 0 Å². The first-order valence-corrected chi connectivity index (χ1v) is 13.4. The first-order valence-electron chi connectivity index (χ1n) is 13.4. The number of hydrogen-bond donors (Lipinski definition) is 2. The molecule has 2 fully saturated rings. The summed E-state index contributed by atoms with van der Waals surface area (Å²) < 4.78 is 0. The standard InChI is InChI=1S/C29H33N7O3/c37-27(23-5-1-9-31-20-23)33-25-19-22(28(38)35-13-3-11-30-12-16-35)7-8-26(25)34-14-4-15-36(18-17-34)29(39)24-6-2-10-32-21-24/h1-2,5-10,19-21,30H,3-4,11-18H2,(H,33,37). The number of pyridine rings is 2. The molecule has 10 heteroatoms. The number of carbonyl (C=O) groups excluding carboxylic acids is 3. The van der Waals surface area contributed by atoms with Crippen LogP contribution in [0.5, 0.6) is 0 Å². The van der Waals surface area contributed by atoms with Gasteiger partial charge in [0.2, 0.25) is 0 Å². The van der Waals surface area contributed by atoms with Gasteiger partial charge in [0, 0.05) is 76.2 Å². The maximum absolute atomic E-state index is 13.4. The van der Waals surface area contributed by atoms with Gasteiger partial charge in [0.05, 0.1) is 22.5 Å². The fourth-order valence-corrected chi connectivity index (χ4v) is 5.00. The molecule has 2 N–H and O–H groups in total. The molecule has 2 aliphatic rings. The van der Waals surface area contributed by atoms with Crippen molar-refractivity contribution in [1.82, 2.24) is 25.1 Å². The lowest BCUT2D eigenvalue weighted by Crippen LogP contribution is -2.35. The zero-order valence-corrected chi connectivity index (χ0v) is 21.9. The van der Waals surface area contributed by atoms with Gasteiger partial charge in [-0.25, -0.2) is 0 Å². The Morgan fingerprint density at radius 2 is 1.44 bits per heavy atom. The van der Waals surface area contributed by atoms with E-state index < -0.39 is 0 Å². The Morgan fingerprint density at radius 3 is 2.21 bits per heavy atom. The SMILES string of the molecule is O=C(Nc1cc(C(=O)N2CCCNCC2)ccc1N1CCCN(C(=O)c2cccnc2)CC1)c1cccnc1. The number of carbonyl (C=O) groups is 3. The molecule has 0 spiro atoms. The summed E-state index contributed by atoms with van der Waals surface area (Å²) in [5, 5.41) is 6.35. The smallest absolute Gasteiger partial charge is 0.257 e. The van der Waals surface area contributed by atoms with Crippen molar-refractivity contribution >= 4 is 29.1 Å². The second-order valence-corrected chi connectivity index (χ2v) is 9.70. The van der Waals surface area contributed by atoms with Crippen molar-refractivity contribution in [2.75, 3.05) is 62.6 Å². The number of anilines is 2. The first kappa shape index (κ1) is 26.3. The minimum Gasteiger partial charge on any atom is -0.368 e. The lowest BCUT2D eigenvalue weighted by atomic mass is 10.1. The molecule has 0 atom stereocenters. The number of rotatable bonds is 5. The van der Waals surface area contributed by atoms with Crippen LogP contribution in [0.4, 0.5) is 11.4 Å². The minimum atomic E-state index is -0.295. The molecule has 4 heterocycles. The Kier molecular flexibility index (Phi) is 8.42. The summed E-state index contributed by atoms with van der Waals surface area (Å²) in [5.74, 6) is -0.384. The Labute approximate surface area is 228 Å². The van der Waals surface area contributed by atoms with Crippen LogP contribution in [0.3, 0.4) is 0 Å². The Morgan fingerprint density at radius 1 is 0.718 bits per heavy atom. The Bertz CT molecular complexity index is 1290. The third kappa shape index (κ3) is 6.40. The molecule has 0 aliphatic carbocycles. The highest BCUT2D eigenvalue weighted by molar-refractivity contribution is 6.07.